The van der Waals surface area contributed by atoms with E-state index in [1.807, 2.05) is 121 Å². The first-order valence-electron chi connectivity index (χ1n) is 14.5. The van der Waals surface area contributed by atoms with Gasteiger partial charge in [0, 0.05) is 36.6 Å². The predicted octanol–water partition coefficient (Wildman–Crippen LogP) is 6.82. The number of benzene rings is 4. The molecule has 7 heteroatoms. The Morgan fingerprint density at radius 1 is 0.953 bits per heavy atom. The second-order valence-electron chi connectivity index (χ2n) is 10.3. The number of hydrogen-bond acceptors (Lipinski definition) is 5. The van der Waals surface area contributed by atoms with Crippen molar-refractivity contribution in [1.29, 1.82) is 0 Å². The summed E-state index contributed by atoms with van der Waals surface area (Å²) in [6, 6.07) is 34.8. The second-order valence-corrected chi connectivity index (χ2v) is 10.7. The Kier molecular flexibility index (Phi) is 10.3. The van der Waals surface area contributed by atoms with Crippen LogP contribution < -0.4 is 10.1 Å². The summed E-state index contributed by atoms with van der Waals surface area (Å²) in [6.07, 6.45) is 4.82. The summed E-state index contributed by atoms with van der Waals surface area (Å²) in [7, 11) is 0. The minimum atomic E-state index is -1.25. The van der Waals surface area contributed by atoms with Crippen LogP contribution in [0.3, 0.4) is 0 Å². The molecule has 4 aromatic carbocycles. The Bertz CT molecular complexity index is 1540. The molecule has 6 nitrogen and oxygen atoms in total. The van der Waals surface area contributed by atoms with Crippen LogP contribution >= 0.6 is 11.6 Å². The van der Waals surface area contributed by atoms with Crippen molar-refractivity contribution in [3.8, 4) is 5.75 Å². The molecule has 0 saturated heterocycles. The SMILES string of the molecule is O=C(NCCc1ccccc1Cl)[C@]1(C/C=C/c2ccccc2)N=C(c2ccc(OCCCO)cc2)O[C@@H]1c1ccccc1. The number of halogens is 1. The number of amides is 1. The number of hydrogen-bond donors (Lipinski definition) is 2. The summed E-state index contributed by atoms with van der Waals surface area (Å²) < 4.78 is 12.3. The van der Waals surface area contributed by atoms with Crippen LogP contribution in [0.15, 0.2) is 120 Å². The summed E-state index contributed by atoms with van der Waals surface area (Å²) in [5, 5.41) is 12.9. The van der Waals surface area contributed by atoms with E-state index >= 15 is 0 Å². The highest BCUT2D eigenvalue weighted by atomic mass is 35.5. The van der Waals surface area contributed by atoms with E-state index in [0.717, 1.165) is 22.3 Å². The van der Waals surface area contributed by atoms with Gasteiger partial charge in [0.2, 0.25) is 5.90 Å². The first-order valence-corrected chi connectivity index (χ1v) is 14.9. The van der Waals surface area contributed by atoms with Gasteiger partial charge in [0.15, 0.2) is 11.6 Å². The quantitative estimate of drug-likeness (QED) is 0.166. The topological polar surface area (TPSA) is 80.2 Å². The number of nitrogens with zero attached hydrogens (tertiary/aromatic N) is 1. The lowest BCUT2D eigenvalue weighted by Gasteiger charge is -2.30. The molecule has 1 amide bonds. The van der Waals surface area contributed by atoms with Crippen LogP contribution in [0, 0.1) is 0 Å². The Balaban J connectivity index is 1.47. The van der Waals surface area contributed by atoms with Crippen molar-refractivity contribution in [2.75, 3.05) is 19.8 Å². The molecule has 0 aromatic heterocycles. The molecule has 0 spiro atoms. The van der Waals surface area contributed by atoms with Gasteiger partial charge in [-0.15, -0.1) is 0 Å². The third-order valence-electron chi connectivity index (χ3n) is 7.31. The van der Waals surface area contributed by atoms with Crippen LogP contribution in [0.4, 0.5) is 0 Å². The molecule has 2 atom stereocenters. The molecule has 0 aliphatic carbocycles. The fraction of sp³-hybridized carbons (Fsp3) is 0.222. The molecule has 1 aliphatic rings. The molecule has 4 aromatic rings. The van der Waals surface area contributed by atoms with E-state index in [1.165, 1.54) is 0 Å². The Morgan fingerprint density at radius 3 is 2.37 bits per heavy atom. The van der Waals surface area contributed by atoms with Crippen molar-refractivity contribution in [2.45, 2.75) is 30.9 Å². The number of carbonyl (C=O) groups is 1. The standard InChI is InChI=1S/C36H35ClN2O4/c37-32-17-8-7-14-28(32)22-24-38-35(41)36(23-9-13-27-11-3-1-4-12-27)33(29-15-5-2-6-16-29)43-34(39-36)30-18-20-31(21-19-30)42-26-10-25-40/h1-9,11-21,33,40H,10,22-26H2,(H,38,41)/b13-9+/t33-,36-/m1/s1. The number of ether oxygens (including phenoxy) is 2. The number of rotatable bonds is 13. The highest BCUT2D eigenvalue weighted by molar-refractivity contribution is 6.31. The van der Waals surface area contributed by atoms with E-state index in [1.54, 1.807) is 0 Å². The number of nitrogens with one attached hydrogen (secondary N) is 1. The van der Waals surface area contributed by atoms with Crippen molar-refractivity contribution < 1.29 is 19.4 Å². The molecule has 1 aliphatic heterocycles. The lowest BCUT2D eigenvalue weighted by Crippen LogP contribution is -2.48. The molecule has 0 unspecified atom stereocenters. The Hall–Kier alpha value is -4.39. The first kappa shape index (κ1) is 30.1. The molecule has 5 rings (SSSR count). The summed E-state index contributed by atoms with van der Waals surface area (Å²) in [6.45, 7) is 0.901. The van der Waals surface area contributed by atoms with Gasteiger partial charge in [0.25, 0.3) is 5.91 Å². The van der Waals surface area contributed by atoms with E-state index < -0.39 is 11.6 Å². The van der Waals surface area contributed by atoms with E-state index in [4.69, 9.17) is 31.2 Å². The zero-order chi connectivity index (χ0) is 29.9. The van der Waals surface area contributed by atoms with Gasteiger partial charge in [-0.05, 0) is 53.4 Å². The van der Waals surface area contributed by atoms with Crippen molar-refractivity contribution in [1.82, 2.24) is 5.32 Å². The van der Waals surface area contributed by atoms with Gasteiger partial charge in [-0.25, -0.2) is 4.99 Å². The predicted molar refractivity (Wildman–Crippen MR) is 171 cm³/mol. The van der Waals surface area contributed by atoms with Crippen LogP contribution in [0.2, 0.25) is 5.02 Å². The van der Waals surface area contributed by atoms with Gasteiger partial charge >= 0.3 is 0 Å². The lowest BCUT2D eigenvalue weighted by atomic mass is 9.84. The normalized spacial score (nSPS) is 17.8. The van der Waals surface area contributed by atoms with Crippen LogP contribution in [0.25, 0.3) is 6.08 Å². The molecule has 1 heterocycles. The fourth-order valence-corrected chi connectivity index (χ4v) is 5.28. The molecule has 2 N–H and O–H groups in total. The van der Waals surface area contributed by atoms with Gasteiger partial charge in [0.05, 0.1) is 6.61 Å². The maximum absolute atomic E-state index is 14.2. The minimum absolute atomic E-state index is 0.0743. The van der Waals surface area contributed by atoms with Crippen LogP contribution in [0.5, 0.6) is 5.75 Å². The summed E-state index contributed by atoms with van der Waals surface area (Å²) >= 11 is 6.37. The van der Waals surface area contributed by atoms with Gasteiger partial charge in [-0.3, -0.25) is 4.79 Å². The van der Waals surface area contributed by atoms with Gasteiger partial charge < -0.3 is 19.9 Å². The van der Waals surface area contributed by atoms with E-state index in [2.05, 4.69) is 5.32 Å². The monoisotopic (exact) mass is 594 g/mol. The molecule has 43 heavy (non-hydrogen) atoms. The van der Waals surface area contributed by atoms with Gasteiger partial charge in [-0.1, -0.05) is 103 Å². The number of aliphatic imine (C=N–C) groups is 1. The van der Waals surface area contributed by atoms with Gasteiger partial charge in [-0.2, -0.15) is 0 Å². The highest BCUT2D eigenvalue weighted by Crippen LogP contribution is 2.43. The van der Waals surface area contributed by atoms with Crippen LogP contribution in [-0.4, -0.2) is 42.2 Å². The number of carbonyl (C=O) groups excluding carboxylic acids is 1. The second kappa shape index (κ2) is 14.7. The smallest absolute Gasteiger partial charge is 0.252 e. The maximum Gasteiger partial charge on any atom is 0.252 e. The molecule has 220 valence electrons. The lowest BCUT2D eigenvalue weighted by molar-refractivity contribution is -0.128. The number of aliphatic hydroxyl groups excluding tert-OH is 1. The first-order chi connectivity index (χ1) is 21.1. The largest absolute Gasteiger partial charge is 0.494 e. The van der Waals surface area contributed by atoms with Crippen molar-refractivity contribution in [2.24, 2.45) is 4.99 Å². The Morgan fingerprint density at radius 2 is 1.65 bits per heavy atom. The Labute approximate surface area is 257 Å². The van der Waals surface area contributed by atoms with Gasteiger partial charge in [0.1, 0.15) is 5.75 Å². The average Bonchev–Trinajstić information content (AvgIpc) is 3.44. The van der Waals surface area contributed by atoms with Crippen LogP contribution in [0.1, 0.15) is 41.2 Å². The van der Waals surface area contributed by atoms with E-state index in [-0.39, 0.29) is 12.5 Å². The van der Waals surface area contributed by atoms with Crippen LogP contribution in [-0.2, 0) is 16.0 Å². The zero-order valence-electron chi connectivity index (χ0n) is 23.9. The number of aliphatic hydroxyl groups is 1. The van der Waals surface area contributed by atoms with Crippen molar-refractivity contribution >= 4 is 29.5 Å². The molecular formula is C36H35ClN2O4. The summed E-state index contributed by atoms with van der Waals surface area (Å²) in [5.41, 5.74) is 2.36. The van der Waals surface area contributed by atoms with Crippen molar-refractivity contribution in [3.05, 3.63) is 143 Å². The summed E-state index contributed by atoms with van der Waals surface area (Å²) in [4.78, 5) is 19.3. The third-order valence-corrected chi connectivity index (χ3v) is 7.68. The molecule has 0 bridgehead atoms. The van der Waals surface area contributed by atoms with E-state index in [0.29, 0.717) is 49.1 Å². The average molecular weight is 595 g/mol. The highest BCUT2D eigenvalue weighted by Gasteiger charge is 2.52. The fourth-order valence-electron chi connectivity index (χ4n) is 5.05. The molecule has 0 saturated carbocycles. The minimum Gasteiger partial charge on any atom is -0.494 e. The van der Waals surface area contributed by atoms with E-state index in [9.17, 15) is 4.79 Å². The maximum atomic E-state index is 14.2. The zero-order valence-corrected chi connectivity index (χ0v) is 24.6. The third kappa shape index (κ3) is 7.53. The summed E-state index contributed by atoms with van der Waals surface area (Å²) in [5.74, 6) is 0.861. The van der Waals surface area contributed by atoms with Crippen molar-refractivity contribution in [3.63, 3.8) is 0 Å². The molecule has 0 radical (unpaired) electrons. The molecule has 0 fully saturated rings. The molecular weight excluding hydrogens is 560 g/mol.